The lowest BCUT2D eigenvalue weighted by Gasteiger charge is -2.25. The summed E-state index contributed by atoms with van der Waals surface area (Å²) in [6.07, 6.45) is 30.2. The molecule has 0 aliphatic rings. The molecule has 0 unspecified atom stereocenters. The number of nitrogens with zero attached hydrogens (tertiary/aromatic N) is 3. The van der Waals surface area contributed by atoms with Gasteiger partial charge in [-0.1, -0.05) is 198 Å². The second-order valence-corrected chi connectivity index (χ2v) is 36.9. The summed E-state index contributed by atoms with van der Waals surface area (Å²) < 4.78 is 21.8. The molecule has 11 nitrogen and oxygen atoms in total. The van der Waals surface area contributed by atoms with Gasteiger partial charge in [0.05, 0.1) is 32.7 Å². The number of unbranched alkanes of at least 4 members (excludes halogenated alkanes) is 12. The molecule has 0 aromatic rings. The first-order chi connectivity index (χ1) is 40.1. The maximum absolute atomic E-state index is 12.5. The van der Waals surface area contributed by atoms with Crippen LogP contribution >= 0.6 is 86.4 Å². The molecule has 0 spiro atoms. The topological polar surface area (TPSA) is 115 Å². The molecule has 0 N–H and O–H groups in total. The summed E-state index contributed by atoms with van der Waals surface area (Å²) in [5, 5.41) is 0. The van der Waals surface area contributed by atoms with E-state index in [2.05, 4.69) is 112 Å². The molecule has 19 heteroatoms. The van der Waals surface area contributed by atoms with Crippen LogP contribution in [-0.4, -0.2) is 174 Å². The summed E-state index contributed by atoms with van der Waals surface area (Å²) in [6, 6.07) is 0. The first-order valence-electron chi connectivity index (χ1n) is 32.8. The quantitative estimate of drug-likeness (QED) is 0.0189. The van der Waals surface area contributed by atoms with Crippen molar-refractivity contribution >= 4 is 111 Å². The van der Waals surface area contributed by atoms with Crippen molar-refractivity contribution in [3.8, 4) is 0 Å². The summed E-state index contributed by atoms with van der Waals surface area (Å²) >= 11 is 0. The van der Waals surface area contributed by atoms with Crippen LogP contribution in [0.15, 0.2) is 0 Å². The number of hydrogen-bond donors (Lipinski definition) is 0. The maximum atomic E-state index is 12.5. The second-order valence-electron chi connectivity index (χ2n) is 24.5. The fraction of sp³-hybridized carbons (Fsp3) is 0.938. The largest absolute Gasteiger partial charge is 0.468 e. The molecular weight excluding hydrogens is 1210 g/mol. The molecule has 0 aliphatic heterocycles. The molecule has 0 heterocycles. The third kappa shape index (κ3) is 67.1. The minimum atomic E-state index is -0.155. The molecule has 0 fully saturated rings. The molecule has 0 saturated heterocycles. The Morgan fingerprint density at radius 2 is 0.750 bits per heavy atom. The van der Waals surface area contributed by atoms with Gasteiger partial charge in [-0.05, 0) is 166 Å². The zero-order valence-electron chi connectivity index (χ0n) is 56.7. The second kappa shape index (κ2) is 62.5. The highest BCUT2D eigenvalue weighted by molar-refractivity contribution is 8.78. The van der Waals surface area contributed by atoms with E-state index in [0.717, 1.165) is 97.1 Å². The van der Waals surface area contributed by atoms with Gasteiger partial charge in [-0.3, -0.25) is 14.4 Å². The van der Waals surface area contributed by atoms with Gasteiger partial charge < -0.3 is 38.4 Å². The van der Waals surface area contributed by atoms with Crippen LogP contribution in [0.4, 0.5) is 0 Å². The van der Waals surface area contributed by atoms with Gasteiger partial charge in [0.25, 0.3) is 6.47 Å². The zero-order valence-corrected chi connectivity index (χ0v) is 63.3. The van der Waals surface area contributed by atoms with Crippen LogP contribution in [0.3, 0.4) is 0 Å². The minimum Gasteiger partial charge on any atom is -0.468 e. The van der Waals surface area contributed by atoms with E-state index < -0.39 is 0 Å². The van der Waals surface area contributed by atoms with Crippen molar-refractivity contribution in [2.75, 3.05) is 116 Å². The van der Waals surface area contributed by atoms with E-state index in [-0.39, 0.29) is 26.2 Å². The lowest BCUT2D eigenvalue weighted by molar-refractivity contribution is -0.145. The smallest absolute Gasteiger partial charge is 0.307 e. The number of ether oxygens (including phenoxy) is 4. The number of carbonyl (C=O) groups is 4. The van der Waals surface area contributed by atoms with E-state index in [4.69, 9.17) is 18.9 Å². The summed E-state index contributed by atoms with van der Waals surface area (Å²) in [7, 11) is 19.5. The van der Waals surface area contributed by atoms with Crippen LogP contribution in [0, 0.1) is 0 Å². The summed E-state index contributed by atoms with van der Waals surface area (Å²) in [6.45, 7) is 38.7. The standard InChI is InChI=1S/C41H81N3O5S4.C12H24O2S2.C12H26OS2/c1-9-12-14-16-36-50-52-40(4,5)23-34-48-38(46)21-31-43(25-11-3)28-18-26-42(8)27-19-29-44(30-20-33-45)32-22-39(47)49-35-24-41(6,7)53-51-37-17-15-13-10-2;1-4-5-6-7-10-15-16-12(2,3)8-9-14-11-13;1-5-6-7-8-11-14-15-12(2,3)9-10-13-4/h33H,9-32,34-37H2,1-8H3;11H,4-10H2,1-3H3;5-11H2,1-4H3. The lowest BCUT2D eigenvalue weighted by Crippen LogP contribution is -2.33. The molecule has 84 heavy (non-hydrogen) atoms. The van der Waals surface area contributed by atoms with Gasteiger partial charge in [-0.25, -0.2) is 0 Å². The van der Waals surface area contributed by atoms with Crippen molar-refractivity contribution < 1.29 is 38.1 Å². The molecule has 0 rings (SSSR count). The number of rotatable bonds is 60. The highest BCUT2D eigenvalue weighted by atomic mass is 33.1. The first-order valence-corrected chi connectivity index (χ1v) is 42.0. The Morgan fingerprint density at radius 3 is 1.07 bits per heavy atom. The SMILES string of the molecule is CCCCCCSSC(C)(C)CCOC.CCCCCCSSC(C)(C)CCOC(=O)CCN(CCC)CCCN(C)CCCN(CCC=O)CCC(=O)OCCC(C)(C)SSCCCCCC.CCCCCCSSC(C)(C)CCOC=O. The minimum absolute atomic E-state index is 0.0721. The molecule has 0 aromatic carbocycles. The van der Waals surface area contributed by atoms with Gasteiger partial charge in [0.15, 0.2) is 0 Å². The molecule has 0 radical (unpaired) electrons. The maximum Gasteiger partial charge on any atom is 0.307 e. The average Bonchev–Trinajstić information content (AvgIpc) is 3.47. The summed E-state index contributed by atoms with van der Waals surface area (Å²) in [4.78, 5) is 53.1. The Bertz CT molecular complexity index is 1470. The third-order valence-corrected chi connectivity index (χ3v) is 27.3. The van der Waals surface area contributed by atoms with E-state index in [0.29, 0.717) is 63.4 Å². The number of hydrogen-bond acceptors (Lipinski definition) is 19. The third-order valence-electron chi connectivity index (χ3n) is 13.6. The zero-order chi connectivity index (χ0) is 63.5. The Morgan fingerprint density at radius 1 is 0.405 bits per heavy atom. The predicted molar refractivity (Wildman–Crippen MR) is 387 cm³/mol. The van der Waals surface area contributed by atoms with Crippen molar-refractivity contribution in [3.05, 3.63) is 0 Å². The molecular formula is C65H131N3O8S8. The molecule has 0 bridgehead atoms. The summed E-state index contributed by atoms with van der Waals surface area (Å²) in [5.74, 6) is 4.63. The Labute approximate surface area is 551 Å². The van der Waals surface area contributed by atoms with Crippen LogP contribution in [0.1, 0.15) is 257 Å². The Balaban J connectivity index is -0.00000170. The molecule has 0 aliphatic carbocycles. The lowest BCUT2D eigenvalue weighted by atomic mass is 10.1. The molecule has 502 valence electrons. The average molecular weight is 1340 g/mol. The van der Waals surface area contributed by atoms with Crippen LogP contribution in [0.25, 0.3) is 0 Å². The molecule has 0 atom stereocenters. The number of aldehydes is 1. The molecule has 0 saturated carbocycles. The van der Waals surface area contributed by atoms with Gasteiger partial charge in [0.1, 0.15) is 6.29 Å². The van der Waals surface area contributed by atoms with Crippen molar-refractivity contribution in [2.24, 2.45) is 0 Å². The number of esters is 2. The van der Waals surface area contributed by atoms with Crippen molar-refractivity contribution in [1.29, 1.82) is 0 Å². The van der Waals surface area contributed by atoms with E-state index in [1.54, 1.807) is 7.11 Å². The van der Waals surface area contributed by atoms with Gasteiger partial charge in [-0.15, -0.1) is 0 Å². The van der Waals surface area contributed by atoms with Crippen molar-refractivity contribution in [2.45, 2.75) is 276 Å². The van der Waals surface area contributed by atoms with E-state index in [1.165, 1.54) is 126 Å². The molecule has 0 aromatic heterocycles. The van der Waals surface area contributed by atoms with Crippen LogP contribution in [0.5, 0.6) is 0 Å². The molecule has 0 amide bonds. The monoisotopic (exact) mass is 1340 g/mol. The normalized spacial score (nSPS) is 12.1. The van der Waals surface area contributed by atoms with Gasteiger partial charge in [-0.2, -0.15) is 0 Å². The highest BCUT2D eigenvalue weighted by Crippen LogP contribution is 2.41. The van der Waals surface area contributed by atoms with Crippen LogP contribution in [-0.2, 0) is 38.1 Å². The van der Waals surface area contributed by atoms with Gasteiger partial charge in [0.2, 0.25) is 0 Å². The van der Waals surface area contributed by atoms with Crippen LogP contribution in [0.2, 0.25) is 0 Å². The Hall–Kier alpha value is 0.720. The first kappa shape index (κ1) is 88.9. The van der Waals surface area contributed by atoms with E-state index >= 15 is 0 Å². The fourth-order valence-corrected chi connectivity index (χ4v) is 18.8. The van der Waals surface area contributed by atoms with E-state index in [1.807, 2.05) is 86.4 Å². The number of methoxy groups -OCH3 is 1. The summed E-state index contributed by atoms with van der Waals surface area (Å²) in [5.41, 5.74) is 0. The number of carbonyl (C=O) groups excluding carboxylic acids is 4. The highest BCUT2D eigenvalue weighted by Gasteiger charge is 2.23. The Kier molecular flexibility index (Phi) is 66.2. The predicted octanol–water partition coefficient (Wildman–Crippen LogP) is 19.5. The fourth-order valence-electron chi connectivity index (χ4n) is 7.95. The van der Waals surface area contributed by atoms with Gasteiger partial charge in [0, 0.05) is 81.8 Å². The van der Waals surface area contributed by atoms with Gasteiger partial charge >= 0.3 is 11.9 Å². The van der Waals surface area contributed by atoms with Crippen molar-refractivity contribution in [3.63, 3.8) is 0 Å². The van der Waals surface area contributed by atoms with E-state index in [9.17, 15) is 19.2 Å². The van der Waals surface area contributed by atoms with Crippen molar-refractivity contribution in [1.82, 2.24) is 14.7 Å². The van der Waals surface area contributed by atoms with Crippen LogP contribution < -0.4 is 0 Å².